The zero-order chi connectivity index (χ0) is 21.1. The predicted octanol–water partition coefficient (Wildman–Crippen LogP) is 4.79. The zero-order valence-corrected chi connectivity index (χ0v) is 17.3. The van der Waals surface area contributed by atoms with Gasteiger partial charge in [0.15, 0.2) is 5.78 Å². The van der Waals surface area contributed by atoms with Gasteiger partial charge in [-0.15, -0.1) is 0 Å². The van der Waals surface area contributed by atoms with Crippen molar-refractivity contribution >= 4 is 11.8 Å². The van der Waals surface area contributed by atoms with Gasteiger partial charge in [0.2, 0.25) is 0 Å². The van der Waals surface area contributed by atoms with E-state index < -0.39 is 5.97 Å². The molecular formula is C26H28O4. The number of aryl methyl sites for hydroxylation is 2. The van der Waals surface area contributed by atoms with Gasteiger partial charge in [0.05, 0.1) is 17.8 Å². The molecule has 0 unspecified atom stereocenters. The average Bonchev–Trinajstić information content (AvgIpc) is 3.32. The van der Waals surface area contributed by atoms with E-state index in [9.17, 15) is 9.59 Å². The summed E-state index contributed by atoms with van der Waals surface area (Å²) >= 11 is 0. The quantitative estimate of drug-likeness (QED) is 0.643. The number of aromatic carboxylic acids is 1. The van der Waals surface area contributed by atoms with Gasteiger partial charge in [-0.1, -0.05) is 48.0 Å². The van der Waals surface area contributed by atoms with Gasteiger partial charge in [0.25, 0.3) is 0 Å². The Kier molecular flexibility index (Phi) is 6.14. The summed E-state index contributed by atoms with van der Waals surface area (Å²) in [5, 5.41) is 9.04. The standard InChI is InChI=1S/C26H28O4/c1-17-3-2-4-19(15-17)16-21(27)10-12-23-22(24-13-14-25(23)30-24)11-7-18-5-8-20(9-6-18)26(28)29/h2-6,8-10,12,15,22-25H,7,11,13-14,16H2,1H3,(H,28,29)/t22-,23+,24-,25+/m1/s1. The van der Waals surface area contributed by atoms with E-state index in [1.807, 2.05) is 37.3 Å². The van der Waals surface area contributed by atoms with E-state index in [1.54, 1.807) is 18.2 Å². The highest BCUT2D eigenvalue weighted by Gasteiger charge is 2.47. The third-order valence-corrected chi connectivity index (χ3v) is 6.42. The van der Waals surface area contributed by atoms with Crippen LogP contribution in [0.15, 0.2) is 60.7 Å². The molecule has 30 heavy (non-hydrogen) atoms. The number of carboxylic acid groups (broad SMARTS) is 1. The van der Waals surface area contributed by atoms with Crippen LogP contribution in [-0.4, -0.2) is 29.1 Å². The highest BCUT2D eigenvalue weighted by atomic mass is 16.5. The van der Waals surface area contributed by atoms with Crippen LogP contribution in [-0.2, 0) is 22.4 Å². The molecule has 0 amide bonds. The van der Waals surface area contributed by atoms with Crippen molar-refractivity contribution in [2.45, 2.75) is 51.2 Å². The average molecular weight is 405 g/mol. The molecule has 4 nitrogen and oxygen atoms in total. The van der Waals surface area contributed by atoms with Crippen molar-refractivity contribution in [3.05, 3.63) is 82.9 Å². The summed E-state index contributed by atoms with van der Waals surface area (Å²) in [5.41, 5.74) is 3.67. The third kappa shape index (κ3) is 4.71. The molecule has 2 heterocycles. The number of hydrogen-bond acceptors (Lipinski definition) is 3. The molecule has 0 aromatic heterocycles. The molecule has 0 spiro atoms. The fourth-order valence-electron chi connectivity index (χ4n) is 4.90. The molecule has 2 saturated heterocycles. The number of carbonyl (C=O) groups is 2. The Morgan fingerprint density at radius 1 is 1.07 bits per heavy atom. The summed E-state index contributed by atoms with van der Waals surface area (Å²) in [6.07, 6.45) is 8.79. The minimum absolute atomic E-state index is 0.131. The molecule has 2 aromatic carbocycles. The fourth-order valence-corrected chi connectivity index (χ4v) is 4.90. The molecule has 2 bridgehead atoms. The summed E-state index contributed by atoms with van der Waals surface area (Å²) in [6, 6.07) is 15.2. The van der Waals surface area contributed by atoms with Crippen LogP contribution in [0.4, 0.5) is 0 Å². The molecule has 2 aliphatic rings. The maximum atomic E-state index is 12.5. The maximum absolute atomic E-state index is 12.5. The van der Waals surface area contributed by atoms with E-state index in [4.69, 9.17) is 9.84 Å². The minimum atomic E-state index is -0.899. The van der Waals surface area contributed by atoms with Crippen molar-refractivity contribution in [2.75, 3.05) is 0 Å². The number of fused-ring (bicyclic) bond motifs is 2. The Morgan fingerprint density at radius 3 is 2.57 bits per heavy atom. The normalized spacial score (nSPS) is 25.1. The first-order valence-electron chi connectivity index (χ1n) is 10.7. The lowest BCUT2D eigenvalue weighted by Gasteiger charge is -2.25. The van der Waals surface area contributed by atoms with Crippen LogP contribution >= 0.6 is 0 Å². The van der Waals surface area contributed by atoms with Crippen molar-refractivity contribution in [2.24, 2.45) is 11.8 Å². The number of carbonyl (C=O) groups excluding carboxylic acids is 1. The van der Waals surface area contributed by atoms with Crippen LogP contribution in [0, 0.1) is 18.8 Å². The molecular weight excluding hydrogens is 376 g/mol. The predicted molar refractivity (Wildman–Crippen MR) is 116 cm³/mol. The van der Waals surface area contributed by atoms with Crippen LogP contribution < -0.4 is 0 Å². The summed E-state index contributed by atoms with van der Waals surface area (Å²) in [5.74, 6) is -0.0793. The Balaban J connectivity index is 1.37. The first kappa shape index (κ1) is 20.5. The topological polar surface area (TPSA) is 63.6 Å². The summed E-state index contributed by atoms with van der Waals surface area (Å²) in [7, 11) is 0. The van der Waals surface area contributed by atoms with E-state index in [1.165, 1.54) is 5.56 Å². The largest absolute Gasteiger partial charge is 0.478 e. The number of ketones is 1. The van der Waals surface area contributed by atoms with Crippen LogP contribution in [0.25, 0.3) is 0 Å². The van der Waals surface area contributed by atoms with E-state index in [-0.39, 0.29) is 23.9 Å². The number of hydrogen-bond donors (Lipinski definition) is 1. The van der Waals surface area contributed by atoms with Gasteiger partial charge >= 0.3 is 5.97 Å². The Hall–Kier alpha value is -2.72. The molecule has 0 saturated carbocycles. The molecule has 2 aliphatic heterocycles. The van der Waals surface area contributed by atoms with Crippen LogP contribution in [0.1, 0.15) is 46.3 Å². The molecule has 2 aromatic rings. The van der Waals surface area contributed by atoms with E-state index >= 15 is 0 Å². The van der Waals surface area contributed by atoms with Crippen molar-refractivity contribution in [1.29, 1.82) is 0 Å². The zero-order valence-electron chi connectivity index (χ0n) is 17.3. The Bertz CT molecular complexity index is 944. The molecule has 0 radical (unpaired) electrons. The van der Waals surface area contributed by atoms with Gasteiger partial charge in [0.1, 0.15) is 0 Å². The number of ether oxygens (including phenoxy) is 1. The first-order valence-corrected chi connectivity index (χ1v) is 10.7. The van der Waals surface area contributed by atoms with Gasteiger partial charge in [-0.25, -0.2) is 4.79 Å². The van der Waals surface area contributed by atoms with Crippen molar-refractivity contribution < 1.29 is 19.4 Å². The molecule has 2 fully saturated rings. The highest BCUT2D eigenvalue weighted by Crippen LogP contribution is 2.46. The number of rotatable bonds is 8. The SMILES string of the molecule is Cc1cccc(CC(=O)C=C[C@H]2[C@@H](CCc3ccc(C(=O)O)cc3)[C@H]3CC[C@@H]2O3)c1. The number of carboxylic acids is 1. The number of benzene rings is 2. The van der Waals surface area contributed by atoms with Crippen molar-refractivity contribution in [3.8, 4) is 0 Å². The molecule has 4 heteroatoms. The van der Waals surface area contributed by atoms with Crippen molar-refractivity contribution in [3.63, 3.8) is 0 Å². The second-order valence-electron chi connectivity index (χ2n) is 8.56. The van der Waals surface area contributed by atoms with Gasteiger partial charge < -0.3 is 9.84 Å². The molecule has 4 rings (SSSR count). The second kappa shape index (κ2) is 8.97. The fraction of sp³-hybridized carbons (Fsp3) is 0.385. The van der Waals surface area contributed by atoms with Gasteiger partial charge in [-0.05, 0) is 67.9 Å². The maximum Gasteiger partial charge on any atom is 0.335 e. The molecule has 4 atom stereocenters. The van der Waals surface area contributed by atoms with Gasteiger partial charge in [-0.2, -0.15) is 0 Å². The highest BCUT2D eigenvalue weighted by molar-refractivity contribution is 5.91. The van der Waals surface area contributed by atoms with Crippen LogP contribution in [0.3, 0.4) is 0 Å². The monoisotopic (exact) mass is 404 g/mol. The van der Waals surface area contributed by atoms with E-state index in [2.05, 4.69) is 12.1 Å². The minimum Gasteiger partial charge on any atom is -0.478 e. The lowest BCUT2D eigenvalue weighted by atomic mass is 9.76. The van der Waals surface area contributed by atoms with Crippen molar-refractivity contribution in [1.82, 2.24) is 0 Å². The first-order chi connectivity index (χ1) is 14.5. The van der Waals surface area contributed by atoms with Gasteiger partial charge in [0, 0.05) is 12.3 Å². The second-order valence-corrected chi connectivity index (χ2v) is 8.56. The van der Waals surface area contributed by atoms with Crippen LogP contribution in [0.2, 0.25) is 0 Å². The summed E-state index contributed by atoms with van der Waals surface area (Å²) in [4.78, 5) is 23.5. The smallest absolute Gasteiger partial charge is 0.335 e. The van der Waals surface area contributed by atoms with E-state index in [0.29, 0.717) is 17.9 Å². The lowest BCUT2D eigenvalue weighted by Crippen LogP contribution is -2.26. The number of allylic oxidation sites excluding steroid dienone is 1. The van der Waals surface area contributed by atoms with Crippen LogP contribution in [0.5, 0.6) is 0 Å². The third-order valence-electron chi connectivity index (χ3n) is 6.42. The lowest BCUT2D eigenvalue weighted by molar-refractivity contribution is -0.114. The molecule has 0 aliphatic carbocycles. The molecule has 156 valence electrons. The summed E-state index contributed by atoms with van der Waals surface area (Å²) in [6.45, 7) is 2.04. The molecule has 1 N–H and O–H groups in total. The Morgan fingerprint density at radius 2 is 1.83 bits per heavy atom. The Labute approximate surface area is 177 Å². The van der Waals surface area contributed by atoms with E-state index in [0.717, 1.165) is 36.8 Å². The summed E-state index contributed by atoms with van der Waals surface area (Å²) < 4.78 is 6.16. The van der Waals surface area contributed by atoms with Gasteiger partial charge in [-0.3, -0.25) is 4.79 Å².